The van der Waals surface area contributed by atoms with Crippen LogP contribution in [-0.2, 0) is 18.9 Å². The molecule has 164 valence electrons. The van der Waals surface area contributed by atoms with Gasteiger partial charge in [0.1, 0.15) is 5.82 Å². The Bertz CT molecular complexity index is 1170. The summed E-state index contributed by atoms with van der Waals surface area (Å²) in [5.41, 5.74) is 0.703. The molecule has 3 aromatic rings. The molecule has 5 rings (SSSR count). The van der Waals surface area contributed by atoms with E-state index in [9.17, 15) is 13.6 Å². The molecule has 0 spiro atoms. The number of piperazine rings is 1. The fraction of sp³-hybridized carbons (Fsp3) is 0.500. The van der Waals surface area contributed by atoms with Crippen molar-refractivity contribution in [3.05, 3.63) is 51.7 Å². The molecular formula is C22H25F2N5OS. The fourth-order valence-corrected chi connectivity index (χ4v) is 5.40. The summed E-state index contributed by atoms with van der Waals surface area (Å²) in [7, 11) is 0. The summed E-state index contributed by atoms with van der Waals surface area (Å²) in [6.07, 6.45) is 0.595. The molecule has 1 fully saturated rings. The molecule has 9 heteroatoms. The first-order chi connectivity index (χ1) is 14.9. The number of aryl methyl sites for hydroxylation is 1. The van der Waals surface area contributed by atoms with Crippen molar-refractivity contribution in [3.63, 3.8) is 0 Å². The van der Waals surface area contributed by atoms with E-state index in [2.05, 4.69) is 31.3 Å². The Balaban J connectivity index is 1.25. The summed E-state index contributed by atoms with van der Waals surface area (Å²) >= 11 is 1.53. The van der Waals surface area contributed by atoms with Gasteiger partial charge in [-0.3, -0.25) is 14.3 Å². The molecule has 31 heavy (non-hydrogen) atoms. The van der Waals surface area contributed by atoms with E-state index >= 15 is 0 Å². The molecule has 0 aliphatic carbocycles. The van der Waals surface area contributed by atoms with Crippen LogP contribution < -0.4 is 10.5 Å². The number of benzene rings is 1. The molecule has 0 saturated carbocycles. The molecule has 0 atom stereocenters. The zero-order valence-corrected chi connectivity index (χ0v) is 18.3. The lowest BCUT2D eigenvalue weighted by atomic mass is 10.1. The highest BCUT2D eigenvalue weighted by Crippen LogP contribution is 2.35. The van der Waals surface area contributed by atoms with Crippen LogP contribution in [0.15, 0.2) is 29.1 Å². The Labute approximate surface area is 183 Å². The number of hydrogen-bond donors (Lipinski definition) is 0. The average Bonchev–Trinajstić information content (AvgIpc) is 3.19. The van der Waals surface area contributed by atoms with Crippen LogP contribution in [0.4, 0.5) is 14.6 Å². The third-order valence-corrected chi connectivity index (χ3v) is 7.19. The number of halogens is 2. The predicted octanol–water partition coefficient (Wildman–Crippen LogP) is 3.41. The molecule has 2 aromatic heterocycles. The third-order valence-electron chi connectivity index (χ3n) is 6.38. The molecule has 0 radical (unpaired) electrons. The van der Waals surface area contributed by atoms with Gasteiger partial charge in [0.05, 0.1) is 4.70 Å². The molecular weight excluding hydrogens is 420 g/mol. The summed E-state index contributed by atoms with van der Waals surface area (Å²) in [5.74, 6) is -2.33. The van der Waals surface area contributed by atoms with Crippen LogP contribution in [0.25, 0.3) is 10.1 Å². The molecule has 6 nitrogen and oxygen atoms in total. The number of nitrogens with zero attached hydrogens (tertiary/aromatic N) is 5. The number of aromatic nitrogens is 3. The molecule has 1 aromatic carbocycles. The first-order valence-electron chi connectivity index (χ1n) is 10.7. The molecule has 4 heterocycles. The molecule has 2 aliphatic rings. The van der Waals surface area contributed by atoms with E-state index in [0.29, 0.717) is 30.6 Å². The summed E-state index contributed by atoms with van der Waals surface area (Å²) < 4.78 is 35.4. The lowest BCUT2D eigenvalue weighted by Crippen LogP contribution is -2.47. The van der Waals surface area contributed by atoms with Gasteiger partial charge < -0.3 is 4.90 Å². The Morgan fingerprint density at radius 2 is 1.90 bits per heavy atom. The standard InChI is InChI=1S/C22H25F2N5OS/c1-15-16(20(30)29-9-4-8-22(23,24)21(29)25-15)7-10-27-11-13-28(14-12-27)19-17-5-2-3-6-18(17)31-26-19/h2-3,5-6H,4,7-14H2,1H3. The van der Waals surface area contributed by atoms with Crippen LogP contribution in [0, 0.1) is 6.92 Å². The number of fused-ring (bicyclic) bond motifs is 2. The maximum Gasteiger partial charge on any atom is 0.305 e. The lowest BCUT2D eigenvalue weighted by Gasteiger charge is -2.35. The second kappa shape index (κ2) is 7.94. The Hall–Kier alpha value is -2.39. The van der Waals surface area contributed by atoms with Gasteiger partial charge in [-0.25, -0.2) is 4.98 Å². The average molecular weight is 446 g/mol. The van der Waals surface area contributed by atoms with Gasteiger partial charge in [0.25, 0.3) is 5.56 Å². The van der Waals surface area contributed by atoms with E-state index in [1.807, 2.05) is 12.1 Å². The Morgan fingerprint density at radius 3 is 2.71 bits per heavy atom. The van der Waals surface area contributed by atoms with Crippen molar-refractivity contribution in [1.29, 1.82) is 0 Å². The Morgan fingerprint density at radius 1 is 1.13 bits per heavy atom. The van der Waals surface area contributed by atoms with Crippen molar-refractivity contribution in [3.8, 4) is 0 Å². The highest BCUT2D eigenvalue weighted by Gasteiger charge is 2.40. The topological polar surface area (TPSA) is 54.3 Å². The second-order valence-electron chi connectivity index (χ2n) is 8.35. The van der Waals surface area contributed by atoms with E-state index in [1.165, 1.54) is 26.2 Å². The van der Waals surface area contributed by atoms with Crippen LogP contribution in [0.3, 0.4) is 0 Å². The normalized spacial score (nSPS) is 19.0. The quantitative estimate of drug-likeness (QED) is 0.616. The zero-order chi connectivity index (χ0) is 21.6. The van der Waals surface area contributed by atoms with Gasteiger partial charge in [-0.05, 0) is 43.4 Å². The molecule has 0 unspecified atom stereocenters. The highest BCUT2D eigenvalue weighted by molar-refractivity contribution is 7.13. The van der Waals surface area contributed by atoms with E-state index in [-0.39, 0.29) is 17.8 Å². The summed E-state index contributed by atoms with van der Waals surface area (Å²) in [5, 5.41) is 1.20. The van der Waals surface area contributed by atoms with E-state index in [0.717, 1.165) is 38.5 Å². The van der Waals surface area contributed by atoms with E-state index in [4.69, 9.17) is 0 Å². The van der Waals surface area contributed by atoms with Crippen LogP contribution >= 0.6 is 11.5 Å². The summed E-state index contributed by atoms with van der Waals surface area (Å²) in [4.78, 5) is 21.7. The zero-order valence-electron chi connectivity index (χ0n) is 17.5. The number of rotatable bonds is 4. The van der Waals surface area contributed by atoms with Crippen molar-refractivity contribution in [2.45, 2.75) is 38.7 Å². The monoisotopic (exact) mass is 445 g/mol. The van der Waals surface area contributed by atoms with Gasteiger partial charge in [-0.1, -0.05) is 12.1 Å². The highest BCUT2D eigenvalue weighted by atomic mass is 32.1. The van der Waals surface area contributed by atoms with Crippen molar-refractivity contribution >= 4 is 27.4 Å². The third kappa shape index (κ3) is 3.74. The van der Waals surface area contributed by atoms with Crippen molar-refractivity contribution < 1.29 is 8.78 Å². The van der Waals surface area contributed by atoms with Crippen LogP contribution in [0.1, 0.15) is 29.9 Å². The van der Waals surface area contributed by atoms with Gasteiger partial charge in [0.15, 0.2) is 5.82 Å². The van der Waals surface area contributed by atoms with Crippen LogP contribution in [0.2, 0.25) is 0 Å². The smallest absolute Gasteiger partial charge is 0.305 e. The number of hydrogen-bond acceptors (Lipinski definition) is 6. The van der Waals surface area contributed by atoms with Gasteiger partial charge in [0, 0.05) is 62.3 Å². The minimum Gasteiger partial charge on any atom is -0.353 e. The van der Waals surface area contributed by atoms with Gasteiger partial charge in [-0.15, -0.1) is 0 Å². The molecule has 2 aliphatic heterocycles. The molecule has 0 N–H and O–H groups in total. The number of anilines is 1. The van der Waals surface area contributed by atoms with Crippen LogP contribution in [-0.4, -0.2) is 51.5 Å². The van der Waals surface area contributed by atoms with E-state index in [1.54, 1.807) is 6.92 Å². The minimum absolute atomic E-state index is 0.239. The molecule has 1 saturated heterocycles. The van der Waals surface area contributed by atoms with Gasteiger partial charge >= 0.3 is 5.92 Å². The first-order valence-corrected chi connectivity index (χ1v) is 11.5. The minimum atomic E-state index is -3.02. The maximum absolute atomic E-state index is 14.2. The summed E-state index contributed by atoms with van der Waals surface area (Å²) in [6.45, 7) is 6.23. The van der Waals surface area contributed by atoms with Crippen molar-refractivity contribution in [2.24, 2.45) is 0 Å². The number of alkyl halides is 2. The maximum atomic E-state index is 14.2. The largest absolute Gasteiger partial charge is 0.353 e. The van der Waals surface area contributed by atoms with E-state index < -0.39 is 5.92 Å². The first kappa shape index (κ1) is 20.5. The summed E-state index contributed by atoms with van der Waals surface area (Å²) in [6, 6.07) is 8.28. The molecule has 0 amide bonds. The van der Waals surface area contributed by atoms with Gasteiger partial charge in [-0.2, -0.15) is 13.2 Å². The van der Waals surface area contributed by atoms with Gasteiger partial charge in [0.2, 0.25) is 0 Å². The lowest BCUT2D eigenvalue weighted by molar-refractivity contribution is -0.0415. The van der Waals surface area contributed by atoms with Crippen molar-refractivity contribution in [1.82, 2.24) is 18.8 Å². The molecule has 0 bridgehead atoms. The SMILES string of the molecule is Cc1nc2n(c(=O)c1CCN1CCN(c3nsc4ccccc34)CC1)CCCC2(F)F. The Kier molecular flexibility index (Phi) is 5.26. The van der Waals surface area contributed by atoms with Crippen molar-refractivity contribution in [2.75, 3.05) is 37.6 Å². The second-order valence-corrected chi connectivity index (χ2v) is 9.15. The predicted molar refractivity (Wildman–Crippen MR) is 118 cm³/mol. The fourth-order valence-electron chi connectivity index (χ4n) is 4.60. The van der Waals surface area contributed by atoms with Crippen LogP contribution in [0.5, 0.6) is 0 Å².